The van der Waals surface area contributed by atoms with E-state index in [0.29, 0.717) is 16.8 Å². The zero-order valence-corrected chi connectivity index (χ0v) is 19.7. The molecular weight excluding hydrogens is 411 g/mol. The van der Waals surface area contributed by atoms with Gasteiger partial charge in [-0.15, -0.1) is 0 Å². The van der Waals surface area contributed by atoms with Gasteiger partial charge in [0.25, 0.3) is 0 Å². The number of phenolic OH excluding ortho intramolecular Hbond substituents is 1. The smallest absolute Gasteiger partial charge is 0.492 e. The van der Waals surface area contributed by atoms with Gasteiger partial charge in [0.05, 0.1) is 23.0 Å². The number of hydrogen-bond donors (Lipinski definition) is 2. The molecule has 1 fully saturated rings. The van der Waals surface area contributed by atoms with E-state index in [-0.39, 0.29) is 12.3 Å². The van der Waals surface area contributed by atoms with Gasteiger partial charge in [0, 0.05) is 12.6 Å². The fraction of sp³-hybridized carbons (Fsp3) is 0.478. The Balaban J connectivity index is 1.91. The highest BCUT2D eigenvalue weighted by molar-refractivity contribution is 6.56. The van der Waals surface area contributed by atoms with Gasteiger partial charge in [-0.2, -0.15) is 0 Å². The fourth-order valence-electron chi connectivity index (χ4n) is 3.09. The minimum absolute atomic E-state index is 0.0722. The van der Waals surface area contributed by atoms with Crippen LogP contribution in [0.5, 0.6) is 5.75 Å². The number of aromatic nitrogens is 1. The first kappa shape index (κ1) is 23.9. The molecule has 1 aromatic heterocycles. The van der Waals surface area contributed by atoms with E-state index < -0.39 is 30.0 Å². The molecule has 2 aromatic rings. The molecular formula is C23H31BN2O6. The second-order valence-corrected chi connectivity index (χ2v) is 9.82. The van der Waals surface area contributed by atoms with Gasteiger partial charge in [0.2, 0.25) is 0 Å². The molecule has 172 valence electrons. The Hall–Kier alpha value is -2.78. The summed E-state index contributed by atoms with van der Waals surface area (Å²) in [5.74, 6) is 0.518. The third-order valence-electron chi connectivity index (χ3n) is 5.47. The summed E-state index contributed by atoms with van der Waals surface area (Å²) in [5.41, 5.74) is 0.283. The van der Waals surface area contributed by atoms with Crippen LogP contribution >= 0.6 is 0 Å². The number of amides is 1. The van der Waals surface area contributed by atoms with Crippen molar-refractivity contribution in [1.82, 2.24) is 10.5 Å². The molecule has 0 radical (unpaired) electrons. The van der Waals surface area contributed by atoms with E-state index in [1.54, 1.807) is 45.0 Å². The van der Waals surface area contributed by atoms with Gasteiger partial charge in [-0.05, 0) is 71.6 Å². The average molecular weight is 442 g/mol. The molecule has 2 N–H and O–H groups in total. The maximum atomic E-state index is 12.2. The maximum Gasteiger partial charge on any atom is 0.492 e. The van der Waals surface area contributed by atoms with Crippen molar-refractivity contribution in [3.05, 3.63) is 41.5 Å². The highest BCUT2D eigenvalue weighted by Gasteiger charge is 2.52. The number of carbonyl (C=O) groups is 1. The van der Waals surface area contributed by atoms with Gasteiger partial charge < -0.3 is 29.0 Å². The Labute approximate surface area is 189 Å². The Morgan fingerprint density at radius 3 is 2.41 bits per heavy atom. The summed E-state index contributed by atoms with van der Waals surface area (Å²) >= 11 is 0. The number of carbonyl (C=O) groups excluding carboxylic acids is 1. The molecule has 0 aliphatic carbocycles. The molecule has 32 heavy (non-hydrogen) atoms. The SMILES string of the molecule is CC(C)(C)OC(=O)NCC(=Cc1ccc(O)c(-c2ccno2)c1)B1OC(C)(C)C(C)(C)O1. The number of aromatic hydroxyl groups is 1. The standard InChI is InChI=1S/C23H31BN2O6/c1-21(2,3)29-20(28)25-14-16(24-31-22(4,5)23(6,7)32-24)12-15-8-9-18(27)17(13-15)19-10-11-26-30-19/h8-13,27H,14H2,1-7H3,(H,25,28). The van der Waals surface area contributed by atoms with E-state index in [0.717, 1.165) is 5.56 Å². The molecule has 3 rings (SSSR count). The Morgan fingerprint density at radius 2 is 1.84 bits per heavy atom. The van der Waals surface area contributed by atoms with Gasteiger partial charge >= 0.3 is 13.2 Å². The summed E-state index contributed by atoms with van der Waals surface area (Å²) in [6.07, 6.45) is 2.84. The highest BCUT2D eigenvalue weighted by atomic mass is 16.7. The van der Waals surface area contributed by atoms with Crippen LogP contribution in [-0.2, 0) is 14.0 Å². The van der Waals surface area contributed by atoms with Crippen molar-refractivity contribution in [3.63, 3.8) is 0 Å². The molecule has 0 saturated carbocycles. The largest absolute Gasteiger partial charge is 0.507 e. The number of rotatable bonds is 5. The molecule has 2 heterocycles. The van der Waals surface area contributed by atoms with E-state index in [2.05, 4.69) is 10.5 Å². The molecule has 9 heteroatoms. The molecule has 0 atom stereocenters. The second kappa shape index (κ2) is 8.63. The topological polar surface area (TPSA) is 103 Å². The lowest BCUT2D eigenvalue weighted by molar-refractivity contribution is 0.00578. The fourth-order valence-corrected chi connectivity index (χ4v) is 3.09. The number of alkyl carbamates (subject to hydrolysis) is 1. The van der Waals surface area contributed by atoms with Crippen molar-refractivity contribution in [1.29, 1.82) is 0 Å². The van der Waals surface area contributed by atoms with Gasteiger partial charge in [-0.25, -0.2) is 4.79 Å². The van der Waals surface area contributed by atoms with Crippen LogP contribution in [0.15, 0.2) is 40.5 Å². The second-order valence-electron chi connectivity index (χ2n) is 9.82. The summed E-state index contributed by atoms with van der Waals surface area (Å²) in [5, 5.41) is 16.7. The molecule has 1 amide bonds. The summed E-state index contributed by atoms with van der Waals surface area (Å²) in [6.45, 7) is 13.4. The molecule has 1 aliphatic heterocycles. The molecule has 1 saturated heterocycles. The van der Waals surface area contributed by atoms with Crippen LogP contribution in [0.25, 0.3) is 17.4 Å². The quantitative estimate of drug-likeness (QED) is 0.653. The lowest BCUT2D eigenvalue weighted by atomic mass is 9.77. The summed E-state index contributed by atoms with van der Waals surface area (Å²) < 4.78 is 22.9. The number of phenols is 1. The Bertz CT molecular complexity index is 976. The van der Waals surface area contributed by atoms with Crippen molar-refractivity contribution in [2.75, 3.05) is 6.54 Å². The lowest BCUT2D eigenvalue weighted by Gasteiger charge is -2.32. The van der Waals surface area contributed by atoms with Crippen molar-refractivity contribution in [2.24, 2.45) is 0 Å². The number of benzene rings is 1. The van der Waals surface area contributed by atoms with E-state index in [4.69, 9.17) is 18.6 Å². The van der Waals surface area contributed by atoms with Crippen molar-refractivity contribution in [2.45, 2.75) is 65.3 Å². The van der Waals surface area contributed by atoms with E-state index >= 15 is 0 Å². The molecule has 0 unspecified atom stereocenters. The van der Waals surface area contributed by atoms with Crippen molar-refractivity contribution in [3.8, 4) is 17.1 Å². The van der Waals surface area contributed by atoms with E-state index in [1.165, 1.54) is 6.20 Å². The van der Waals surface area contributed by atoms with Crippen LogP contribution in [-0.4, -0.2) is 46.8 Å². The first-order valence-corrected chi connectivity index (χ1v) is 10.5. The lowest BCUT2D eigenvalue weighted by Crippen LogP contribution is -2.41. The van der Waals surface area contributed by atoms with Crippen LogP contribution in [0.3, 0.4) is 0 Å². The molecule has 1 aromatic carbocycles. The highest BCUT2D eigenvalue weighted by Crippen LogP contribution is 2.39. The number of nitrogens with zero attached hydrogens (tertiary/aromatic N) is 1. The predicted octanol–water partition coefficient (Wildman–Crippen LogP) is 4.59. The monoisotopic (exact) mass is 442 g/mol. The zero-order chi connectivity index (χ0) is 23.7. The Kier molecular flexibility index (Phi) is 6.44. The Morgan fingerprint density at radius 1 is 1.19 bits per heavy atom. The zero-order valence-electron chi connectivity index (χ0n) is 19.7. The minimum atomic E-state index is -0.669. The number of ether oxygens (including phenoxy) is 1. The van der Waals surface area contributed by atoms with Gasteiger partial charge in [0.1, 0.15) is 11.4 Å². The molecule has 8 nitrogen and oxygen atoms in total. The van der Waals surface area contributed by atoms with Crippen molar-refractivity contribution < 1.29 is 28.5 Å². The van der Waals surface area contributed by atoms with Crippen LogP contribution in [0, 0.1) is 0 Å². The molecule has 0 spiro atoms. The minimum Gasteiger partial charge on any atom is -0.507 e. The average Bonchev–Trinajstić information content (AvgIpc) is 3.25. The number of nitrogens with one attached hydrogen (secondary N) is 1. The molecule has 0 bridgehead atoms. The van der Waals surface area contributed by atoms with Crippen LogP contribution in [0.1, 0.15) is 54.0 Å². The summed E-state index contributed by atoms with van der Waals surface area (Å²) in [4.78, 5) is 12.2. The first-order chi connectivity index (χ1) is 14.8. The van der Waals surface area contributed by atoms with Gasteiger partial charge in [-0.1, -0.05) is 17.3 Å². The first-order valence-electron chi connectivity index (χ1n) is 10.5. The maximum absolute atomic E-state index is 12.2. The molecule has 1 aliphatic rings. The van der Waals surface area contributed by atoms with Gasteiger partial charge in [0.15, 0.2) is 5.76 Å². The summed E-state index contributed by atoms with van der Waals surface area (Å²) in [6, 6.07) is 6.77. The predicted molar refractivity (Wildman–Crippen MR) is 122 cm³/mol. The normalized spacial score (nSPS) is 18.0. The van der Waals surface area contributed by atoms with Crippen LogP contribution in [0.2, 0.25) is 0 Å². The summed E-state index contributed by atoms with van der Waals surface area (Å²) in [7, 11) is -0.669. The van der Waals surface area contributed by atoms with Crippen molar-refractivity contribution >= 4 is 19.3 Å². The van der Waals surface area contributed by atoms with Crippen LogP contribution < -0.4 is 5.32 Å². The van der Waals surface area contributed by atoms with Gasteiger partial charge in [-0.3, -0.25) is 0 Å². The van der Waals surface area contributed by atoms with Crippen LogP contribution in [0.4, 0.5) is 4.79 Å². The third kappa shape index (κ3) is 5.52. The van der Waals surface area contributed by atoms with E-state index in [9.17, 15) is 9.90 Å². The number of hydrogen-bond acceptors (Lipinski definition) is 7. The van der Waals surface area contributed by atoms with E-state index in [1.807, 2.05) is 33.8 Å². The third-order valence-corrected chi connectivity index (χ3v) is 5.47.